The number of aromatic nitrogens is 6. The molecule has 148 valence electrons. The summed E-state index contributed by atoms with van der Waals surface area (Å²) in [6.07, 6.45) is 3.93. The number of hydrogen-bond donors (Lipinski definition) is 4. The number of anilines is 2. The van der Waals surface area contributed by atoms with Crippen LogP contribution in [0.25, 0.3) is 10.9 Å². The molecule has 0 saturated heterocycles. The summed E-state index contributed by atoms with van der Waals surface area (Å²) >= 11 is 0. The molecule has 1 fully saturated rings. The molecule has 1 aliphatic carbocycles. The second-order valence-electron chi connectivity index (χ2n) is 7.76. The van der Waals surface area contributed by atoms with E-state index < -0.39 is 0 Å². The Hall–Kier alpha value is -3.42. The van der Waals surface area contributed by atoms with Crippen LogP contribution in [0, 0.1) is 6.92 Å². The van der Waals surface area contributed by atoms with Crippen molar-refractivity contribution < 1.29 is 0 Å². The lowest BCUT2D eigenvalue weighted by atomic mass is 9.63. The van der Waals surface area contributed by atoms with Crippen molar-refractivity contribution in [3.63, 3.8) is 0 Å². The van der Waals surface area contributed by atoms with Gasteiger partial charge < -0.3 is 5.32 Å². The summed E-state index contributed by atoms with van der Waals surface area (Å²) in [4.78, 5) is 21.6. The van der Waals surface area contributed by atoms with Gasteiger partial charge in [0, 0.05) is 23.5 Å². The van der Waals surface area contributed by atoms with Crippen molar-refractivity contribution in [3.05, 3.63) is 63.5 Å². The van der Waals surface area contributed by atoms with E-state index in [0.29, 0.717) is 5.39 Å². The Labute approximate surface area is 167 Å². The van der Waals surface area contributed by atoms with Gasteiger partial charge in [0.25, 0.3) is 5.56 Å². The van der Waals surface area contributed by atoms with Gasteiger partial charge in [-0.2, -0.15) is 5.10 Å². The number of fused-ring (bicyclic) bond motifs is 1. The Morgan fingerprint density at radius 1 is 1.10 bits per heavy atom. The van der Waals surface area contributed by atoms with Gasteiger partial charge in [-0.1, -0.05) is 19.4 Å². The minimum Gasteiger partial charge on any atom is -0.323 e. The molecule has 1 saturated carbocycles. The van der Waals surface area contributed by atoms with Crippen LogP contribution in [0.4, 0.5) is 11.6 Å². The van der Waals surface area contributed by atoms with Gasteiger partial charge in [0.05, 0.1) is 16.3 Å². The van der Waals surface area contributed by atoms with E-state index in [1.807, 2.05) is 31.2 Å². The van der Waals surface area contributed by atoms with Crippen LogP contribution in [0.1, 0.15) is 49.0 Å². The third-order valence-corrected chi connectivity index (χ3v) is 5.87. The van der Waals surface area contributed by atoms with Crippen molar-refractivity contribution in [1.29, 1.82) is 0 Å². The Kier molecular flexibility index (Phi) is 4.01. The van der Waals surface area contributed by atoms with E-state index in [9.17, 15) is 4.79 Å². The number of nitrogens with zero attached hydrogens (tertiary/aromatic N) is 3. The lowest BCUT2D eigenvalue weighted by Gasteiger charge is -2.41. The monoisotopic (exact) mass is 389 g/mol. The van der Waals surface area contributed by atoms with Gasteiger partial charge in [-0.3, -0.25) is 20.1 Å². The molecule has 1 aliphatic rings. The van der Waals surface area contributed by atoms with Gasteiger partial charge in [0.1, 0.15) is 11.6 Å². The highest BCUT2D eigenvalue weighted by Gasteiger charge is 2.43. The molecule has 5 rings (SSSR count). The second kappa shape index (κ2) is 6.58. The largest absolute Gasteiger partial charge is 0.323 e. The fraction of sp³-hybridized carbons (Fsp3) is 0.333. The normalized spacial score (nSPS) is 15.4. The molecule has 4 aromatic rings. The number of nitrogens with one attached hydrogen (secondary N) is 4. The van der Waals surface area contributed by atoms with Crippen LogP contribution < -0.4 is 10.9 Å². The summed E-state index contributed by atoms with van der Waals surface area (Å²) < 4.78 is 0. The van der Waals surface area contributed by atoms with Gasteiger partial charge >= 0.3 is 0 Å². The van der Waals surface area contributed by atoms with Crippen molar-refractivity contribution in [2.75, 3.05) is 5.32 Å². The summed E-state index contributed by atoms with van der Waals surface area (Å²) in [5.74, 6) is 2.32. The predicted octanol–water partition coefficient (Wildman–Crippen LogP) is 3.45. The molecule has 3 heterocycles. The number of hydrogen-bond acceptors (Lipinski definition) is 5. The maximum Gasteiger partial charge on any atom is 0.271 e. The van der Waals surface area contributed by atoms with Crippen LogP contribution in [-0.2, 0) is 11.8 Å². The van der Waals surface area contributed by atoms with Crippen molar-refractivity contribution in [3.8, 4) is 0 Å². The fourth-order valence-corrected chi connectivity index (χ4v) is 4.08. The molecular weight excluding hydrogens is 366 g/mol. The SMILES string of the molecule is CCc1cc(Nc2cc(C)[nH]n2)nc(C2(c3ccc4c(=O)[nH][nH]c4c3)CCC2)n1. The smallest absolute Gasteiger partial charge is 0.271 e. The molecule has 0 radical (unpaired) electrons. The quantitative estimate of drug-likeness (QED) is 0.417. The molecule has 29 heavy (non-hydrogen) atoms. The lowest BCUT2D eigenvalue weighted by Crippen LogP contribution is -2.37. The Morgan fingerprint density at radius 2 is 1.97 bits per heavy atom. The van der Waals surface area contributed by atoms with Crippen LogP contribution >= 0.6 is 0 Å². The first-order chi connectivity index (χ1) is 14.1. The maximum absolute atomic E-state index is 11.9. The van der Waals surface area contributed by atoms with E-state index in [2.05, 4.69) is 38.7 Å². The lowest BCUT2D eigenvalue weighted by molar-refractivity contribution is 0.285. The number of H-pyrrole nitrogens is 3. The molecule has 3 aromatic heterocycles. The molecule has 4 N–H and O–H groups in total. The highest BCUT2D eigenvalue weighted by Crippen LogP contribution is 2.48. The van der Waals surface area contributed by atoms with Gasteiger partial charge in [-0.25, -0.2) is 9.97 Å². The van der Waals surface area contributed by atoms with Crippen molar-refractivity contribution in [1.82, 2.24) is 30.4 Å². The average molecular weight is 389 g/mol. The zero-order chi connectivity index (χ0) is 20.0. The minimum absolute atomic E-state index is 0.0979. The summed E-state index contributed by atoms with van der Waals surface area (Å²) in [5, 5.41) is 16.8. The topological polar surface area (TPSA) is 115 Å². The zero-order valence-corrected chi connectivity index (χ0v) is 16.5. The van der Waals surface area contributed by atoms with E-state index in [4.69, 9.17) is 9.97 Å². The van der Waals surface area contributed by atoms with Gasteiger partial charge in [-0.15, -0.1) is 0 Å². The van der Waals surface area contributed by atoms with Crippen LogP contribution in [0.5, 0.6) is 0 Å². The van der Waals surface area contributed by atoms with Gasteiger partial charge in [-0.05, 0) is 43.9 Å². The van der Waals surface area contributed by atoms with E-state index in [1.165, 1.54) is 0 Å². The van der Waals surface area contributed by atoms with Gasteiger partial charge in [0.15, 0.2) is 5.82 Å². The van der Waals surface area contributed by atoms with Gasteiger partial charge in [0.2, 0.25) is 0 Å². The van der Waals surface area contributed by atoms with Crippen LogP contribution in [0.15, 0.2) is 35.1 Å². The standard InChI is InChI=1S/C21H23N7O/c1-3-14-11-17(23-18-9-12(2)25-27-18)24-20(22-14)21(7-4-8-21)13-5-6-15-16(10-13)26-28-19(15)29/h5-6,9-11H,3-4,7-8H2,1-2H3,(H2,26,28,29)(H2,22,23,24,25,27). The van der Waals surface area contributed by atoms with E-state index >= 15 is 0 Å². The highest BCUT2D eigenvalue weighted by atomic mass is 16.1. The first kappa shape index (κ1) is 17.7. The Morgan fingerprint density at radius 3 is 2.66 bits per heavy atom. The number of aryl methyl sites for hydroxylation is 2. The Balaban J connectivity index is 1.59. The van der Waals surface area contributed by atoms with Crippen molar-refractivity contribution in [2.45, 2.75) is 44.9 Å². The minimum atomic E-state index is -0.231. The molecule has 8 heteroatoms. The second-order valence-corrected chi connectivity index (χ2v) is 7.76. The number of aromatic amines is 3. The summed E-state index contributed by atoms with van der Waals surface area (Å²) in [6.45, 7) is 4.06. The van der Waals surface area contributed by atoms with Crippen LogP contribution in [0.3, 0.4) is 0 Å². The Bertz CT molecular complexity index is 1250. The molecule has 1 aromatic carbocycles. The predicted molar refractivity (Wildman–Crippen MR) is 112 cm³/mol. The first-order valence-corrected chi connectivity index (χ1v) is 9.96. The number of rotatable bonds is 5. The van der Waals surface area contributed by atoms with Crippen LogP contribution in [-0.4, -0.2) is 30.4 Å². The fourth-order valence-electron chi connectivity index (χ4n) is 4.08. The third-order valence-electron chi connectivity index (χ3n) is 5.87. The first-order valence-electron chi connectivity index (χ1n) is 9.96. The molecule has 8 nitrogen and oxygen atoms in total. The molecule has 0 bridgehead atoms. The van der Waals surface area contributed by atoms with Crippen molar-refractivity contribution in [2.24, 2.45) is 0 Å². The molecule has 0 atom stereocenters. The average Bonchev–Trinajstić information content (AvgIpc) is 3.26. The molecule has 0 amide bonds. The van der Waals surface area contributed by atoms with E-state index in [1.54, 1.807) is 0 Å². The van der Waals surface area contributed by atoms with E-state index in [-0.39, 0.29) is 11.0 Å². The molecule has 0 unspecified atom stereocenters. The molecule has 0 spiro atoms. The van der Waals surface area contributed by atoms with E-state index in [0.717, 1.165) is 65.6 Å². The summed E-state index contributed by atoms with van der Waals surface area (Å²) in [5.41, 5.74) is 3.61. The molecule has 0 aliphatic heterocycles. The van der Waals surface area contributed by atoms with Crippen molar-refractivity contribution >= 4 is 22.5 Å². The summed E-state index contributed by atoms with van der Waals surface area (Å²) in [6, 6.07) is 9.90. The third kappa shape index (κ3) is 2.91. The zero-order valence-electron chi connectivity index (χ0n) is 16.5. The molecular formula is C21H23N7O. The highest BCUT2D eigenvalue weighted by molar-refractivity contribution is 5.79. The summed E-state index contributed by atoms with van der Waals surface area (Å²) in [7, 11) is 0. The maximum atomic E-state index is 11.9. The number of benzene rings is 1. The van der Waals surface area contributed by atoms with Crippen LogP contribution in [0.2, 0.25) is 0 Å².